The van der Waals surface area contributed by atoms with Crippen molar-refractivity contribution in [2.45, 2.75) is 39.7 Å². The van der Waals surface area contributed by atoms with Crippen LogP contribution in [0.3, 0.4) is 0 Å². The first kappa shape index (κ1) is 19.7. The zero-order valence-electron chi connectivity index (χ0n) is 15.8. The van der Waals surface area contributed by atoms with Crippen LogP contribution >= 0.6 is 0 Å². The molecule has 1 rings (SSSR count). The summed E-state index contributed by atoms with van der Waals surface area (Å²) in [6, 6.07) is 0.584. The molecule has 0 bridgehead atoms. The SMILES string of the molecule is CCN1CCCC1CN(C)C(=NCC(=O)N(C)C)NCC(C)C. The minimum Gasteiger partial charge on any atom is -0.356 e. The Kier molecular flexibility index (Phi) is 8.37. The van der Waals surface area contributed by atoms with E-state index in [0.717, 1.165) is 25.6 Å². The molecule has 0 aromatic rings. The van der Waals surface area contributed by atoms with E-state index in [0.29, 0.717) is 12.0 Å². The fourth-order valence-electron chi connectivity index (χ4n) is 2.81. The Bertz CT molecular complexity index is 394. The zero-order valence-corrected chi connectivity index (χ0v) is 15.8. The molecule has 23 heavy (non-hydrogen) atoms. The molecule has 1 unspecified atom stereocenters. The first-order valence-corrected chi connectivity index (χ1v) is 8.78. The Morgan fingerprint density at radius 1 is 1.35 bits per heavy atom. The fraction of sp³-hybridized carbons (Fsp3) is 0.882. The third kappa shape index (κ3) is 6.77. The number of guanidine groups is 1. The molecule has 0 spiro atoms. The van der Waals surface area contributed by atoms with E-state index in [2.05, 4.69) is 47.9 Å². The lowest BCUT2D eigenvalue weighted by Crippen LogP contribution is -2.47. The first-order valence-electron chi connectivity index (χ1n) is 8.78. The lowest BCUT2D eigenvalue weighted by Gasteiger charge is -2.30. The van der Waals surface area contributed by atoms with Crippen LogP contribution in [0, 0.1) is 5.92 Å². The molecule has 1 aliphatic heterocycles. The summed E-state index contributed by atoms with van der Waals surface area (Å²) < 4.78 is 0. The number of aliphatic imine (C=N–C) groups is 1. The molecule has 0 aliphatic carbocycles. The van der Waals surface area contributed by atoms with Crippen LogP contribution in [0.2, 0.25) is 0 Å². The van der Waals surface area contributed by atoms with Gasteiger partial charge in [0.15, 0.2) is 5.96 Å². The quantitative estimate of drug-likeness (QED) is 0.562. The Morgan fingerprint density at radius 2 is 2.04 bits per heavy atom. The summed E-state index contributed by atoms with van der Waals surface area (Å²) in [5, 5.41) is 3.41. The Balaban J connectivity index is 2.68. The van der Waals surface area contributed by atoms with Crippen LogP contribution < -0.4 is 5.32 Å². The monoisotopic (exact) mass is 325 g/mol. The fourth-order valence-corrected chi connectivity index (χ4v) is 2.81. The van der Waals surface area contributed by atoms with E-state index in [-0.39, 0.29) is 12.5 Å². The molecule has 1 fully saturated rings. The highest BCUT2D eigenvalue weighted by Gasteiger charge is 2.25. The average Bonchev–Trinajstić information content (AvgIpc) is 2.93. The van der Waals surface area contributed by atoms with Crippen LogP contribution in [-0.4, -0.2) is 86.5 Å². The van der Waals surface area contributed by atoms with Crippen LogP contribution in [0.25, 0.3) is 0 Å². The van der Waals surface area contributed by atoms with Gasteiger partial charge in [-0.05, 0) is 31.8 Å². The molecule has 1 N–H and O–H groups in total. The van der Waals surface area contributed by atoms with E-state index in [9.17, 15) is 4.79 Å². The van der Waals surface area contributed by atoms with Gasteiger partial charge in [0.1, 0.15) is 6.54 Å². The van der Waals surface area contributed by atoms with Crippen molar-refractivity contribution in [2.24, 2.45) is 10.9 Å². The zero-order chi connectivity index (χ0) is 17.4. The molecule has 0 aromatic carbocycles. The maximum Gasteiger partial charge on any atom is 0.243 e. The van der Waals surface area contributed by atoms with Crippen molar-refractivity contribution in [3.05, 3.63) is 0 Å². The van der Waals surface area contributed by atoms with Gasteiger partial charge in [-0.2, -0.15) is 0 Å². The smallest absolute Gasteiger partial charge is 0.243 e. The van der Waals surface area contributed by atoms with Gasteiger partial charge in [-0.1, -0.05) is 20.8 Å². The minimum absolute atomic E-state index is 0.0262. The molecule has 0 radical (unpaired) electrons. The second-order valence-corrected chi connectivity index (χ2v) is 7.01. The standard InChI is InChI=1S/C17H35N5O/c1-7-22-10-8-9-15(22)13-21(6)17(18-11-14(2)3)19-12-16(23)20(4)5/h14-15H,7-13H2,1-6H3,(H,18,19). The predicted molar refractivity (Wildman–Crippen MR) is 96.7 cm³/mol. The molecule has 1 heterocycles. The number of carbonyl (C=O) groups excluding carboxylic acids is 1. The Labute approximate surface area is 141 Å². The summed E-state index contributed by atoms with van der Waals surface area (Å²) in [5.41, 5.74) is 0. The summed E-state index contributed by atoms with van der Waals surface area (Å²) in [7, 11) is 5.60. The Morgan fingerprint density at radius 3 is 2.61 bits per heavy atom. The van der Waals surface area contributed by atoms with E-state index in [1.54, 1.807) is 19.0 Å². The maximum atomic E-state index is 11.8. The highest BCUT2D eigenvalue weighted by atomic mass is 16.2. The number of hydrogen-bond donors (Lipinski definition) is 1. The van der Waals surface area contributed by atoms with Crippen LogP contribution in [-0.2, 0) is 4.79 Å². The lowest BCUT2D eigenvalue weighted by atomic mass is 10.2. The van der Waals surface area contributed by atoms with Gasteiger partial charge in [-0.25, -0.2) is 4.99 Å². The minimum atomic E-state index is 0.0262. The topological polar surface area (TPSA) is 51.2 Å². The first-order chi connectivity index (χ1) is 10.8. The van der Waals surface area contributed by atoms with Crippen molar-refractivity contribution >= 4 is 11.9 Å². The molecule has 1 amide bonds. The molecule has 0 aromatic heterocycles. The second kappa shape index (κ2) is 9.75. The molecule has 1 saturated heterocycles. The predicted octanol–water partition coefficient (Wildman–Crippen LogP) is 1.09. The summed E-state index contributed by atoms with van der Waals surface area (Å²) in [6.07, 6.45) is 2.52. The number of nitrogens with one attached hydrogen (secondary N) is 1. The molecule has 1 atom stereocenters. The number of carbonyl (C=O) groups is 1. The summed E-state index contributed by atoms with van der Waals surface area (Å²) in [4.78, 5) is 22.6. The van der Waals surface area contributed by atoms with Crippen molar-refractivity contribution in [2.75, 3.05) is 53.9 Å². The van der Waals surface area contributed by atoms with Gasteiger partial charge < -0.3 is 15.1 Å². The molecular weight excluding hydrogens is 290 g/mol. The van der Waals surface area contributed by atoms with Crippen molar-refractivity contribution < 1.29 is 4.79 Å². The van der Waals surface area contributed by atoms with Crippen molar-refractivity contribution in [3.8, 4) is 0 Å². The molecule has 0 saturated carbocycles. The molecule has 6 heteroatoms. The largest absolute Gasteiger partial charge is 0.356 e. The van der Waals surface area contributed by atoms with Crippen molar-refractivity contribution in [1.82, 2.24) is 20.0 Å². The summed E-state index contributed by atoms with van der Waals surface area (Å²) in [5.74, 6) is 1.40. The van der Waals surface area contributed by atoms with E-state index in [1.165, 1.54) is 19.4 Å². The van der Waals surface area contributed by atoms with Gasteiger partial charge in [-0.3, -0.25) is 9.69 Å². The average molecular weight is 326 g/mol. The highest BCUT2D eigenvalue weighted by Crippen LogP contribution is 2.17. The number of likely N-dealkylation sites (tertiary alicyclic amines) is 1. The van der Waals surface area contributed by atoms with E-state index < -0.39 is 0 Å². The molecule has 1 aliphatic rings. The van der Waals surface area contributed by atoms with Crippen molar-refractivity contribution in [1.29, 1.82) is 0 Å². The van der Waals surface area contributed by atoms with Gasteiger partial charge in [0.2, 0.25) is 5.91 Å². The van der Waals surface area contributed by atoms with Gasteiger partial charge in [0.25, 0.3) is 0 Å². The van der Waals surface area contributed by atoms with Crippen LogP contribution in [0.4, 0.5) is 0 Å². The lowest BCUT2D eigenvalue weighted by molar-refractivity contribution is -0.127. The second-order valence-electron chi connectivity index (χ2n) is 7.01. The molecule has 134 valence electrons. The van der Waals surface area contributed by atoms with Gasteiger partial charge >= 0.3 is 0 Å². The van der Waals surface area contributed by atoms with E-state index in [1.807, 2.05) is 0 Å². The third-order valence-corrected chi connectivity index (χ3v) is 4.28. The van der Waals surface area contributed by atoms with Crippen molar-refractivity contribution in [3.63, 3.8) is 0 Å². The Hall–Kier alpha value is -1.30. The normalized spacial score (nSPS) is 19.3. The number of nitrogens with zero attached hydrogens (tertiary/aromatic N) is 4. The number of rotatable bonds is 7. The summed E-state index contributed by atoms with van der Waals surface area (Å²) >= 11 is 0. The van der Waals surface area contributed by atoms with Gasteiger partial charge in [0, 0.05) is 40.3 Å². The van der Waals surface area contributed by atoms with Crippen LogP contribution in [0.15, 0.2) is 4.99 Å². The van der Waals surface area contributed by atoms with E-state index in [4.69, 9.17) is 0 Å². The third-order valence-electron chi connectivity index (χ3n) is 4.28. The van der Waals surface area contributed by atoms with Gasteiger partial charge in [-0.15, -0.1) is 0 Å². The van der Waals surface area contributed by atoms with E-state index >= 15 is 0 Å². The molecule has 6 nitrogen and oxygen atoms in total. The number of hydrogen-bond acceptors (Lipinski definition) is 3. The highest BCUT2D eigenvalue weighted by molar-refractivity contribution is 5.84. The van der Waals surface area contributed by atoms with Crippen LogP contribution in [0.1, 0.15) is 33.6 Å². The number of amides is 1. The molecular formula is C17H35N5O. The summed E-state index contributed by atoms with van der Waals surface area (Å²) in [6.45, 7) is 10.9. The maximum absolute atomic E-state index is 11.8. The van der Waals surface area contributed by atoms with Crippen LogP contribution in [0.5, 0.6) is 0 Å². The number of likely N-dealkylation sites (N-methyl/N-ethyl adjacent to an activating group) is 3. The van der Waals surface area contributed by atoms with Gasteiger partial charge in [0.05, 0.1) is 0 Å².